The number of amides is 1. The summed E-state index contributed by atoms with van der Waals surface area (Å²) in [6, 6.07) is 10.3. The van der Waals surface area contributed by atoms with Crippen molar-refractivity contribution < 1.29 is 23.5 Å². The molecule has 0 radical (unpaired) electrons. The summed E-state index contributed by atoms with van der Waals surface area (Å²) in [4.78, 5) is 25.8. The zero-order valence-corrected chi connectivity index (χ0v) is 16.0. The third-order valence-corrected chi connectivity index (χ3v) is 4.19. The van der Waals surface area contributed by atoms with E-state index >= 15 is 0 Å². The Hall–Kier alpha value is -3.23. The first-order valence-electron chi connectivity index (χ1n) is 9.34. The number of morpholine rings is 1. The molecule has 8 heteroatoms. The molecule has 0 bridgehead atoms. The van der Waals surface area contributed by atoms with E-state index in [0.717, 1.165) is 18.7 Å². The molecule has 1 N–H and O–H groups in total. The molecule has 0 spiro atoms. The maximum atomic E-state index is 11.8. The summed E-state index contributed by atoms with van der Waals surface area (Å²) in [5, 5.41) is 3.96. The molecule has 29 heavy (non-hydrogen) atoms. The minimum absolute atomic E-state index is 0.137. The van der Waals surface area contributed by atoms with E-state index in [4.69, 9.17) is 13.9 Å². The Kier molecular flexibility index (Phi) is 7.73. The summed E-state index contributed by atoms with van der Waals surface area (Å²) in [6.07, 6.45) is 6.27. The van der Waals surface area contributed by atoms with Gasteiger partial charge < -0.3 is 13.9 Å². The fourth-order valence-corrected chi connectivity index (χ4v) is 2.63. The molecule has 2 aromatic rings. The summed E-state index contributed by atoms with van der Waals surface area (Å²) in [6.45, 7) is 3.83. The van der Waals surface area contributed by atoms with Crippen LogP contribution < -0.4 is 10.2 Å². The molecule has 152 valence electrons. The van der Waals surface area contributed by atoms with Gasteiger partial charge in [-0.2, -0.15) is 5.10 Å². The average molecular weight is 397 g/mol. The standard InChI is InChI=1S/C21H23N3O5/c25-20(9-10-24-11-14-27-15-12-24)23-22-16-17-3-5-19(6-4-17)29-21(26)8-7-18-2-1-13-28-18/h1-8,13,16H,9-12,14-15H2,(H,23,25)/b8-7+,22-16+. The van der Waals surface area contributed by atoms with Gasteiger partial charge in [-0.15, -0.1) is 0 Å². The van der Waals surface area contributed by atoms with Crippen LogP contribution in [0.5, 0.6) is 5.75 Å². The minimum atomic E-state index is -0.504. The van der Waals surface area contributed by atoms with E-state index in [1.807, 2.05) is 0 Å². The SMILES string of the molecule is O=C(CCN1CCOCC1)N/N=C/c1ccc(OC(=O)/C=C/c2ccco2)cc1. The van der Waals surface area contributed by atoms with Gasteiger partial charge in [0.25, 0.3) is 0 Å². The molecule has 8 nitrogen and oxygen atoms in total. The molecule has 1 amide bonds. The molecule has 1 aromatic heterocycles. The summed E-state index contributed by atoms with van der Waals surface area (Å²) in [7, 11) is 0. The largest absolute Gasteiger partial charge is 0.465 e. The van der Waals surface area contributed by atoms with Gasteiger partial charge in [-0.3, -0.25) is 9.69 Å². The lowest BCUT2D eigenvalue weighted by Gasteiger charge is -2.25. The van der Waals surface area contributed by atoms with E-state index in [1.54, 1.807) is 36.4 Å². The molecule has 1 aromatic carbocycles. The first-order valence-corrected chi connectivity index (χ1v) is 9.34. The number of hydrazone groups is 1. The highest BCUT2D eigenvalue weighted by atomic mass is 16.5. The van der Waals surface area contributed by atoms with Crippen LogP contribution in [0.2, 0.25) is 0 Å². The number of furan rings is 1. The zero-order chi connectivity index (χ0) is 20.3. The average Bonchev–Trinajstić information content (AvgIpc) is 3.27. The van der Waals surface area contributed by atoms with E-state index in [-0.39, 0.29) is 5.91 Å². The zero-order valence-electron chi connectivity index (χ0n) is 16.0. The van der Waals surface area contributed by atoms with Crippen LogP contribution in [0.4, 0.5) is 0 Å². The summed E-state index contributed by atoms with van der Waals surface area (Å²) in [5.41, 5.74) is 3.28. The molecule has 0 saturated carbocycles. The van der Waals surface area contributed by atoms with Crippen molar-refractivity contribution in [1.29, 1.82) is 0 Å². The molecule has 0 unspecified atom stereocenters. The fourth-order valence-electron chi connectivity index (χ4n) is 2.63. The van der Waals surface area contributed by atoms with Gasteiger partial charge in [0, 0.05) is 32.1 Å². The van der Waals surface area contributed by atoms with Crippen LogP contribution in [-0.4, -0.2) is 55.8 Å². The van der Waals surface area contributed by atoms with Crippen LogP contribution in [-0.2, 0) is 14.3 Å². The van der Waals surface area contributed by atoms with Gasteiger partial charge in [0.1, 0.15) is 11.5 Å². The van der Waals surface area contributed by atoms with Crippen molar-refractivity contribution in [2.75, 3.05) is 32.8 Å². The molecular weight excluding hydrogens is 374 g/mol. The van der Waals surface area contributed by atoms with E-state index in [2.05, 4.69) is 15.4 Å². The monoisotopic (exact) mass is 397 g/mol. The Labute approximate surface area is 168 Å². The van der Waals surface area contributed by atoms with E-state index in [0.29, 0.717) is 37.7 Å². The van der Waals surface area contributed by atoms with Crippen molar-refractivity contribution in [3.05, 3.63) is 60.1 Å². The van der Waals surface area contributed by atoms with Gasteiger partial charge in [-0.25, -0.2) is 10.2 Å². The Morgan fingerprint density at radius 2 is 1.97 bits per heavy atom. The third-order valence-electron chi connectivity index (χ3n) is 4.19. The number of nitrogens with one attached hydrogen (secondary N) is 1. The number of esters is 1. The third kappa shape index (κ3) is 7.36. The number of carbonyl (C=O) groups excluding carboxylic acids is 2. The Morgan fingerprint density at radius 3 is 2.69 bits per heavy atom. The summed E-state index contributed by atoms with van der Waals surface area (Å²) in [5.74, 6) is 0.336. The Morgan fingerprint density at radius 1 is 1.17 bits per heavy atom. The van der Waals surface area contributed by atoms with Crippen LogP contribution in [0.15, 0.2) is 58.3 Å². The Balaban J connectivity index is 1.38. The van der Waals surface area contributed by atoms with Crippen LogP contribution in [0.1, 0.15) is 17.7 Å². The van der Waals surface area contributed by atoms with Crippen molar-refractivity contribution in [3.63, 3.8) is 0 Å². The normalized spacial score (nSPS) is 15.0. The maximum Gasteiger partial charge on any atom is 0.336 e. The molecular formula is C21H23N3O5. The van der Waals surface area contributed by atoms with E-state index < -0.39 is 5.97 Å². The number of ether oxygens (including phenoxy) is 2. The second kappa shape index (κ2) is 10.9. The van der Waals surface area contributed by atoms with Gasteiger partial charge >= 0.3 is 5.97 Å². The number of hydrogen-bond acceptors (Lipinski definition) is 7. The molecule has 1 aliphatic heterocycles. The second-order valence-corrected chi connectivity index (χ2v) is 6.34. The predicted molar refractivity (Wildman–Crippen MR) is 107 cm³/mol. The molecule has 1 fully saturated rings. The molecule has 1 saturated heterocycles. The van der Waals surface area contributed by atoms with Crippen LogP contribution in [0.3, 0.4) is 0 Å². The van der Waals surface area contributed by atoms with E-state index in [9.17, 15) is 9.59 Å². The molecule has 2 heterocycles. The van der Waals surface area contributed by atoms with Crippen molar-refractivity contribution in [2.24, 2.45) is 5.10 Å². The summed E-state index contributed by atoms with van der Waals surface area (Å²) >= 11 is 0. The first-order chi connectivity index (χ1) is 14.2. The molecule has 3 rings (SSSR count). The lowest BCUT2D eigenvalue weighted by Crippen LogP contribution is -2.38. The lowest BCUT2D eigenvalue weighted by atomic mass is 10.2. The Bertz CT molecular complexity index is 838. The smallest absolute Gasteiger partial charge is 0.336 e. The van der Waals surface area contributed by atoms with Crippen molar-refractivity contribution >= 4 is 24.2 Å². The molecule has 1 aliphatic rings. The maximum absolute atomic E-state index is 11.8. The quantitative estimate of drug-likeness (QED) is 0.241. The highest BCUT2D eigenvalue weighted by Gasteiger charge is 2.11. The second-order valence-electron chi connectivity index (χ2n) is 6.34. The number of carbonyl (C=O) groups is 2. The number of hydrogen-bond donors (Lipinski definition) is 1. The minimum Gasteiger partial charge on any atom is -0.465 e. The lowest BCUT2D eigenvalue weighted by molar-refractivity contribution is -0.129. The number of benzene rings is 1. The van der Waals surface area contributed by atoms with Gasteiger partial charge in [0.2, 0.25) is 5.91 Å². The molecule has 0 aliphatic carbocycles. The van der Waals surface area contributed by atoms with Gasteiger partial charge in [0.15, 0.2) is 0 Å². The molecule has 0 atom stereocenters. The van der Waals surface area contributed by atoms with Gasteiger partial charge in [-0.05, 0) is 48.0 Å². The van der Waals surface area contributed by atoms with Crippen LogP contribution in [0, 0.1) is 0 Å². The van der Waals surface area contributed by atoms with E-state index in [1.165, 1.54) is 24.6 Å². The number of rotatable bonds is 8. The van der Waals surface area contributed by atoms with Crippen molar-refractivity contribution in [1.82, 2.24) is 10.3 Å². The topological polar surface area (TPSA) is 93.4 Å². The first kappa shape index (κ1) is 20.5. The highest BCUT2D eigenvalue weighted by molar-refractivity contribution is 5.88. The van der Waals surface area contributed by atoms with Crippen LogP contribution in [0.25, 0.3) is 6.08 Å². The summed E-state index contributed by atoms with van der Waals surface area (Å²) < 4.78 is 15.6. The fraction of sp³-hybridized carbons (Fsp3) is 0.286. The van der Waals surface area contributed by atoms with Crippen LogP contribution >= 0.6 is 0 Å². The van der Waals surface area contributed by atoms with Crippen molar-refractivity contribution in [3.8, 4) is 5.75 Å². The van der Waals surface area contributed by atoms with Gasteiger partial charge in [0.05, 0.1) is 25.7 Å². The van der Waals surface area contributed by atoms with Gasteiger partial charge in [-0.1, -0.05) is 0 Å². The predicted octanol–water partition coefficient (Wildman–Crippen LogP) is 2.07. The highest BCUT2D eigenvalue weighted by Crippen LogP contribution is 2.12. The number of nitrogens with zero attached hydrogens (tertiary/aromatic N) is 2. The van der Waals surface area contributed by atoms with Crippen molar-refractivity contribution in [2.45, 2.75) is 6.42 Å².